The molecule has 4 heterocycles. The minimum atomic E-state index is -3.60. The zero-order valence-corrected chi connectivity index (χ0v) is 20.9. The number of hydrogen-bond donors (Lipinski definition) is 1. The second-order valence-electron chi connectivity index (χ2n) is 9.93. The number of carbonyl (C=O) groups is 1. The van der Waals surface area contributed by atoms with E-state index in [9.17, 15) is 13.2 Å². The second-order valence-corrected chi connectivity index (χ2v) is 11.9. The fourth-order valence-corrected chi connectivity index (χ4v) is 7.26. The Bertz CT molecular complexity index is 1230. The molecule has 0 bridgehead atoms. The first kappa shape index (κ1) is 24.0. The van der Waals surface area contributed by atoms with Crippen molar-refractivity contribution in [2.75, 3.05) is 51.2 Å². The Hall–Kier alpha value is -2.75. The quantitative estimate of drug-likeness (QED) is 0.607. The van der Waals surface area contributed by atoms with E-state index in [0.29, 0.717) is 39.3 Å². The first-order valence-corrected chi connectivity index (χ1v) is 13.7. The van der Waals surface area contributed by atoms with Gasteiger partial charge in [-0.15, -0.1) is 0 Å². The molecule has 1 aliphatic carbocycles. The average Bonchev–Trinajstić information content (AvgIpc) is 3.43. The number of aromatic amines is 1. The zero-order chi connectivity index (χ0) is 24.6. The number of nitrogens with zero attached hydrogens (tertiary/aromatic N) is 7. The molecule has 0 atom stereocenters. The van der Waals surface area contributed by atoms with Crippen LogP contribution in [0.1, 0.15) is 38.5 Å². The molecule has 1 amide bonds. The Labute approximate surface area is 205 Å². The third-order valence-electron chi connectivity index (χ3n) is 7.65. The van der Waals surface area contributed by atoms with Gasteiger partial charge >= 0.3 is 0 Å². The second kappa shape index (κ2) is 9.37. The Kier molecular flexibility index (Phi) is 6.41. The molecule has 2 aromatic rings. The summed E-state index contributed by atoms with van der Waals surface area (Å²) in [5.41, 5.74) is 0.405. The van der Waals surface area contributed by atoms with Crippen LogP contribution in [0.2, 0.25) is 0 Å². The molecule has 1 saturated carbocycles. The highest BCUT2D eigenvalue weighted by atomic mass is 32.2. The van der Waals surface area contributed by atoms with Crippen LogP contribution in [-0.2, 0) is 15.0 Å². The summed E-state index contributed by atoms with van der Waals surface area (Å²) < 4.78 is 30.5. The van der Waals surface area contributed by atoms with Gasteiger partial charge in [-0.05, 0) is 37.7 Å². The summed E-state index contributed by atoms with van der Waals surface area (Å²) in [6.07, 6.45) is 7.14. The van der Waals surface area contributed by atoms with Gasteiger partial charge in [-0.3, -0.25) is 4.79 Å². The van der Waals surface area contributed by atoms with Crippen molar-refractivity contribution in [3.05, 3.63) is 18.6 Å². The summed E-state index contributed by atoms with van der Waals surface area (Å²) in [4.78, 5) is 28.0. The van der Waals surface area contributed by atoms with E-state index in [4.69, 9.17) is 5.26 Å². The van der Waals surface area contributed by atoms with Gasteiger partial charge in [0, 0.05) is 65.4 Å². The van der Waals surface area contributed by atoms with Crippen LogP contribution in [0.4, 0.5) is 5.82 Å². The van der Waals surface area contributed by atoms with Gasteiger partial charge in [-0.2, -0.15) is 22.3 Å². The topological polar surface area (TPSA) is 130 Å². The first-order valence-electron chi connectivity index (χ1n) is 12.3. The van der Waals surface area contributed by atoms with Gasteiger partial charge in [0.15, 0.2) is 0 Å². The number of piperazine rings is 1. The molecule has 3 fully saturated rings. The van der Waals surface area contributed by atoms with E-state index in [1.165, 1.54) is 4.31 Å². The lowest BCUT2D eigenvalue weighted by molar-refractivity contribution is -0.132. The molecule has 2 aromatic heterocycles. The number of nitriles is 1. The molecular formula is C23H32N8O3S. The van der Waals surface area contributed by atoms with Gasteiger partial charge < -0.3 is 14.8 Å². The smallest absolute Gasteiger partial charge is 0.282 e. The van der Waals surface area contributed by atoms with Gasteiger partial charge in [0.2, 0.25) is 5.91 Å². The number of rotatable bonds is 7. The van der Waals surface area contributed by atoms with Crippen LogP contribution in [-0.4, -0.2) is 94.6 Å². The highest BCUT2D eigenvalue weighted by molar-refractivity contribution is 7.86. The third-order valence-corrected chi connectivity index (χ3v) is 9.72. The number of aromatic nitrogens is 3. The Morgan fingerprint density at radius 2 is 2.03 bits per heavy atom. The summed E-state index contributed by atoms with van der Waals surface area (Å²) >= 11 is 0. The lowest BCUT2D eigenvalue weighted by Crippen LogP contribution is -2.60. The van der Waals surface area contributed by atoms with E-state index < -0.39 is 10.2 Å². The molecule has 12 heteroatoms. The van der Waals surface area contributed by atoms with Crippen LogP contribution in [0.5, 0.6) is 0 Å². The van der Waals surface area contributed by atoms with Crippen molar-refractivity contribution in [3.8, 4) is 6.07 Å². The maximum absolute atomic E-state index is 13.6. The molecule has 5 rings (SSSR count). The molecule has 1 N–H and O–H groups in total. The van der Waals surface area contributed by atoms with Crippen LogP contribution < -0.4 is 4.90 Å². The molecular weight excluding hydrogens is 468 g/mol. The Balaban J connectivity index is 1.21. The number of anilines is 1. The van der Waals surface area contributed by atoms with Crippen LogP contribution >= 0.6 is 0 Å². The highest BCUT2D eigenvalue weighted by Crippen LogP contribution is 2.47. The number of H-pyrrole nitrogens is 1. The van der Waals surface area contributed by atoms with Gasteiger partial charge in [-0.25, -0.2) is 9.97 Å². The molecule has 0 aromatic carbocycles. The number of fused-ring (bicyclic) bond motifs is 1. The van der Waals surface area contributed by atoms with Gasteiger partial charge in [-0.1, -0.05) is 0 Å². The largest absolute Gasteiger partial charge is 0.353 e. The number of piperidine rings is 1. The molecule has 188 valence electrons. The van der Waals surface area contributed by atoms with Crippen molar-refractivity contribution in [3.63, 3.8) is 0 Å². The summed E-state index contributed by atoms with van der Waals surface area (Å²) in [7, 11) is -1.92. The SMILES string of the molecule is CN(CC1CCN(C(=O)CCC#N)CC1)S(=O)(=O)N1CCN(c2ncnc3[nH]ccc23)CC12CC2. The van der Waals surface area contributed by atoms with Crippen LogP contribution in [0, 0.1) is 17.2 Å². The van der Waals surface area contributed by atoms with Crippen LogP contribution in [0.25, 0.3) is 11.0 Å². The average molecular weight is 501 g/mol. The maximum atomic E-state index is 13.6. The first-order chi connectivity index (χ1) is 16.8. The molecule has 35 heavy (non-hydrogen) atoms. The van der Waals surface area contributed by atoms with Gasteiger partial charge in [0.25, 0.3) is 10.2 Å². The molecule has 2 aliphatic heterocycles. The Morgan fingerprint density at radius 3 is 2.74 bits per heavy atom. The zero-order valence-electron chi connectivity index (χ0n) is 20.1. The van der Waals surface area contributed by atoms with E-state index in [1.807, 2.05) is 18.3 Å². The van der Waals surface area contributed by atoms with Crippen molar-refractivity contribution < 1.29 is 13.2 Å². The van der Waals surface area contributed by atoms with Crippen molar-refractivity contribution in [1.82, 2.24) is 28.5 Å². The van der Waals surface area contributed by atoms with E-state index >= 15 is 0 Å². The molecule has 2 saturated heterocycles. The van der Waals surface area contributed by atoms with Crippen molar-refractivity contribution in [2.45, 2.75) is 44.1 Å². The summed E-state index contributed by atoms with van der Waals surface area (Å²) in [6.45, 7) is 3.33. The number of amides is 1. The van der Waals surface area contributed by atoms with E-state index in [0.717, 1.165) is 42.5 Å². The van der Waals surface area contributed by atoms with Crippen molar-refractivity contribution in [1.29, 1.82) is 5.26 Å². The molecule has 11 nitrogen and oxygen atoms in total. The van der Waals surface area contributed by atoms with Crippen LogP contribution in [0.15, 0.2) is 18.6 Å². The molecule has 3 aliphatic rings. The highest BCUT2D eigenvalue weighted by Gasteiger charge is 2.56. The maximum Gasteiger partial charge on any atom is 0.282 e. The number of likely N-dealkylation sites (tertiary alicyclic amines) is 1. The molecule has 1 spiro atoms. The third kappa shape index (κ3) is 4.60. The van der Waals surface area contributed by atoms with Crippen molar-refractivity contribution in [2.24, 2.45) is 5.92 Å². The lowest BCUT2D eigenvalue weighted by atomic mass is 9.96. The van der Waals surface area contributed by atoms with E-state index in [2.05, 4.69) is 19.9 Å². The predicted molar refractivity (Wildman–Crippen MR) is 130 cm³/mol. The normalized spacial score (nSPS) is 21.1. The summed E-state index contributed by atoms with van der Waals surface area (Å²) in [6, 6.07) is 3.98. The lowest BCUT2D eigenvalue weighted by Gasteiger charge is -2.43. The minimum absolute atomic E-state index is 0.0140. The minimum Gasteiger partial charge on any atom is -0.353 e. The Morgan fingerprint density at radius 1 is 1.26 bits per heavy atom. The van der Waals surface area contributed by atoms with E-state index in [1.54, 1.807) is 22.6 Å². The van der Waals surface area contributed by atoms with E-state index in [-0.39, 0.29) is 30.2 Å². The summed E-state index contributed by atoms with van der Waals surface area (Å²) in [5, 5.41) is 9.64. The fraction of sp³-hybridized carbons (Fsp3) is 0.652. The fourth-order valence-electron chi connectivity index (χ4n) is 5.48. The molecule has 0 unspecified atom stereocenters. The molecule has 0 radical (unpaired) electrons. The number of hydrogen-bond acceptors (Lipinski definition) is 7. The number of nitrogens with one attached hydrogen (secondary N) is 1. The monoisotopic (exact) mass is 500 g/mol. The number of carbonyl (C=O) groups excluding carboxylic acids is 1. The van der Waals surface area contributed by atoms with Gasteiger partial charge in [0.05, 0.1) is 17.0 Å². The standard InChI is InChI=1S/C23H32N8O3S/c1-28(15-18-5-11-29(12-6-18)20(32)3-2-9-24)35(33,34)31-14-13-30(16-23(31)7-8-23)22-19-4-10-25-21(19)26-17-27-22/h4,10,17-18H,2-3,5-8,11-16H2,1H3,(H,25,26,27). The van der Waals surface area contributed by atoms with Gasteiger partial charge in [0.1, 0.15) is 17.8 Å². The van der Waals surface area contributed by atoms with Crippen LogP contribution in [0.3, 0.4) is 0 Å². The summed E-state index contributed by atoms with van der Waals surface area (Å²) in [5.74, 6) is 1.08. The van der Waals surface area contributed by atoms with Crippen molar-refractivity contribution >= 4 is 33.0 Å². The predicted octanol–water partition coefficient (Wildman–Crippen LogP) is 1.33.